The van der Waals surface area contributed by atoms with Crippen molar-refractivity contribution in [2.75, 3.05) is 42.8 Å². The van der Waals surface area contributed by atoms with Gasteiger partial charge in [-0.25, -0.2) is 13.4 Å². The second-order valence-electron chi connectivity index (χ2n) is 6.15. The molecule has 0 radical (unpaired) electrons. The molecule has 1 aromatic heterocycles. The lowest BCUT2D eigenvalue weighted by atomic mass is 10.3. The molecule has 0 saturated carbocycles. The number of hydrogen-bond acceptors (Lipinski definition) is 6. The van der Waals surface area contributed by atoms with E-state index in [-0.39, 0.29) is 10.6 Å². The van der Waals surface area contributed by atoms with Crippen LogP contribution in [0.4, 0.5) is 20.3 Å². The van der Waals surface area contributed by atoms with Crippen LogP contribution in [0.15, 0.2) is 47.5 Å². The Labute approximate surface area is 156 Å². The summed E-state index contributed by atoms with van der Waals surface area (Å²) in [4.78, 5) is 8.42. The van der Waals surface area contributed by atoms with Gasteiger partial charge in [0.15, 0.2) is 0 Å². The Kier molecular flexibility index (Phi) is 5.76. The van der Waals surface area contributed by atoms with Crippen LogP contribution in [0.2, 0.25) is 0 Å². The molecule has 1 fully saturated rings. The number of hydrogen-bond donors (Lipinski definition) is 1. The molecule has 0 aliphatic carbocycles. The first kappa shape index (κ1) is 19.3. The molecule has 1 aliphatic rings. The smallest absolute Gasteiger partial charge is 0.387 e. The highest BCUT2D eigenvalue weighted by molar-refractivity contribution is 7.92. The van der Waals surface area contributed by atoms with E-state index in [1.165, 1.54) is 30.5 Å². The maximum Gasteiger partial charge on any atom is 0.387 e. The highest BCUT2D eigenvalue weighted by atomic mass is 32.2. The average molecular weight is 398 g/mol. The Morgan fingerprint density at radius 1 is 1.15 bits per heavy atom. The van der Waals surface area contributed by atoms with E-state index in [9.17, 15) is 17.2 Å². The van der Waals surface area contributed by atoms with Gasteiger partial charge >= 0.3 is 6.61 Å². The van der Waals surface area contributed by atoms with Crippen LogP contribution in [0.3, 0.4) is 0 Å². The predicted octanol–water partition coefficient (Wildman–Crippen LogP) is 2.24. The molecular weight excluding hydrogens is 378 g/mol. The molecule has 0 spiro atoms. The molecule has 0 bridgehead atoms. The number of pyridine rings is 1. The number of alkyl halides is 2. The van der Waals surface area contributed by atoms with Crippen LogP contribution in [0.25, 0.3) is 0 Å². The van der Waals surface area contributed by atoms with Crippen molar-refractivity contribution in [2.24, 2.45) is 0 Å². The number of nitrogens with one attached hydrogen (secondary N) is 1. The topological polar surface area (TPSA) is 74.8 Å². The van der Waals surface area contributed by atoms with Gasteiger partial charge in [-0.1, -0.05) is 6.07 Å². The SMILES string of the molecule is CN1CCN(c2cc(NS(=O)(=O)c3cccc(OC(F)F)c3)ccn2)CC1. The Balaban J connectivity index is 1.77. The van der Waals surface area contributed by atoms with Crippen molar-refractivity contribution >= 4 is 21.5 Å². The van der Waals surface area contributed by atoms with Crippen molar-refractivity contribution in [3.05, 3.63) is 42.6 Å². The molecule has 1 N–H and O–H groups in total. The van der Waals surface area contributed by atoms with E-state index >= 15 is 0 Å². The van der Waals surface area contributed by atoms with E-state index in [0.29, 0.717) is 11.5 Å². The lowest BCUT2D eigenvalue weighted by molar-refractivity contribution is -0.0499. The minimum absolute atomic E-state index is 0.168. The molecule has 2 aromatic rings. The Morgan fingerprint density at radius 3 is 2.59 bits per heavy atom. The van der Waals surface area contributed by atoms with Crippen LogP contribution in [-0.2, 0) is 10.0 Å². The summed E-state index contributed by atoms with van der Waals surface area (Å²) >= 11 is 0. The summed E-state index contributed by atoms with van der Waals surface area (Å²) in [6.07, 6.45) is 1.53. The number of piperazine rings is 1. The third-order valence-electron chi connectivity index (χ3n) is 4.17. The van der Waals surface area contributed by atoms with Gasteiger partial charge in [0.05, 0.1) is 10.6 Å². The van der Waals surface area contributed by atoms with Gasteiger partial charge < -0.3 is 14.5 Å². The maximum atomic E-state index is 12.6. The zero-order valence-electron chi connectivity index (χ0n) is 14.7. The predicted molar refractivity (Wildman–Crippen MR) is 97.8 cm³/mol. The van der Waals surface area contributed by atoms with Crippen LogP contribution >= 0.6 is 0 Å². The van der Waals surface area contributed by atoms with Gasteiger partial charge in [0.25, 0.3) is 10.0 Å². The first-order valence-electron chi connectivity index (χ1n) is 8.31. The minimum atomic E-state index is -3.96. The Morgan fingerprint density at radius 2 is 1.89 bits per heavy atom. The minimum Gasteiger partial charge on any atom is -0.435 e. The Bertz CT molecular complexity index is 887. The summed E-state index contributed by atoms with van der Waals surface area (Å²) in [6, 6.07) is 8.16. The van der Waals surface area contributed by atoms with E-state index in [4.69, 9.17) is 0 Å². The fourth-order valence-corrected chi connectivity index (χ4v) is 3.81. The van der Waals surface area contributed by atoms with Gasteiger partial charge in [-0.2, -0.15) is 8.78 Å². The lowest BCUT2D eigenvalue weighted by Crippen LogP contribution is -2.44. The summed E-state index contributed by atoms with van der Waals surface area (Å²) in [5, 5.41) is 0. The molecule has 3 rings (SSSR count). The standard InChI is InChI=1S/C17H20F2N4O3S/c1-22-7-9-23(10-8-22)16-11-13(5-6-20-16)21-27(24,25)15-4-2-3-14(12-15)26-17(18)19/h2-6,11-12,17H,7-10H2,1H3,(H,20,21). The number of likely N-dealkylation sites (N-methyl/N-ethyl adjacent to an activating group) is 1. The van der Waals surface area contributed by atoms with Crippen molar-refractivity contribution in [3.8, 4) is 5.75 Å². The number of sulfonamides is 1. The summed E-state index contributed by atoms with van der Waals surface area (Å²) in [7, 11) is -1.91. The van der Waals surface area contributed by atoms with Crippen molar-refractivity contribution in [2.45, 2.75) is 11.5 Å². The second kappa shape index (κ2) is 8.05. The van der Waals surface area contributed by atoms with E-state index in [0.717, 1.165) is 32.2 Å². The number of rotatable bonds is 6. The molecule has 27 heavy (non-hydrogen) atoms. The fourth-order valence-electron chi connectivity index (χ4n) is 2.72. The van der Waals surface area contributed by atoms with Gasteiger partial charge in [0, 0.05) is 44.5 Å². The van der Waals surface area contributed by atoms with Crippen molar-refractivity contribution in [3.63, 3.8) is 0 Å². The third-order valence-corrected chi connectivity index (χ3v) is 5.54. The van der Waals surface area contributed by atoms with Crippen molar-refractivity contribution in [1.82, 2.24) is 9.88 Å². The lowest BCUT2D eigenvalue weighted by Gasteiger charge is -2.33. The van der Waals surface area contributed by atoms with Gasteiger partial charge in [0.1, 0.15) is 11.6 Å². The molecule has 1 aliphatic heterocycles. The number of anilines is 2. The normalized spacial score (nSPS) is 15.8. The molecule has 1 saturated heterocycles. The first-order valence-corrected chi connectivity index (χ1v) is 9.79. The van der Waals surface area contributed by atoms with Gasteiger partial charge in [-0.3, -0.25) is 4.72 Å². The summed E-state index contributed by atoms with van der Waals surface area (Å²) < 4.78 is 56.5. The quantitative estimate of drug-likeness (QED) is 0.805. The molecule has 10 heteroatoms. The molecule has 0 unspecified atom stereocenters. The first-order chi connectivity index (χ1) is 12.8. The molecular formula is C17H20F2N4O3S. The molecule has 7 nitrogen and oxygen atoms in total. The number of benzene rings is 1. The monoisotopic (exact) mass is 398 g/mol. The van der Waals surface area contributed by atoms with Crippen LogP contribution in [0.5, 0.6) is 5.75 Å². The average Bonchev–Trinajstić information content (AvgIpc) is 2.62. The van der Waals surface area contributed by atoms with E-state index < -0.39 is 16.6 Å². The van der Waals surface area contributed by atoms with Crippen LogP contribution in [0, 0.1) is 0 Å². The van der Waals surface area contributed by atoms with E-state index in [1.807, 2.05) is 7.05 Å². The maximum absolute atomic E-state index is 12.6. The van der Waals surface area contributed by atoms with Crippen molar-refractivity contribution < 1.29 is 21.9 Å². The number of aromatic nitrogens is 1. The highest BCUT2D eigenvalue weighted by Gasteiger charge is 2.19. The van der Waals surface area contributed by atoms with Crippen LogP contribution in [-0.4, -0.2) is 58.1 Å². The fraction of sp³-hybridized carbons (Fsp3) is 0.353. The second-order valence-corrected chi connectivity index (χ2v) is 7.83. The molecule has 0 amide bonds. The molecule has 2 heterocycles. The van der Waals surface area contributed by atoms with Crippen LogP contribution < -0.4 is 14.4 Å². The Hall–Kier alpha value is -2.46. The van der Waals surface area contributed by atoms with Crippen LogP contribution in [0.1, 0.15) is 0 Å². The van der Waals surface area contributed by atoms with Gasteiger partial charge in [-0.15, -0.1) is 0 Å². The number of ether oxygens (including phenoxy) is 1. The summed E-state index contributed by atoms with van der Waals surface area (Å²) in [5.74, 6) is 0.457. The summed E-state index contributed by atoms with van der Waals surface area (Å²) in [6.45, 7) is 0.366. The number of nitrogens with zero attached hydrogens (tertiary/aromatic N) is 3. The largest absolute Gasteiger partial charge is 0.435 e. The zero-order chi connectivity index (χ0) is 19.4. The van der Waals surface area contributed by atoms with Gasteiger partial charge in [0.2, 0.25) is 0 Å². The molecule has 146 valence electrons. The molecule has 1 aromatic carbocycles. The summed E-state index contributed by atoms with van der Waals surface area (Å²) in [5.41, 5.74) is 0.346. The van der Waals surface area contributed by atoms with E-state index in [1.54, 1.807) is 6.07 Å². The molecule has 0 atom stereocenters. The zero-order valence-corrected chi connectivity index (χ0v) is 15.5. The van der Waals surface area contributed by atoms with Gasteiger partial charge in [-0.05, 0) is 25.2 Å². The van der Waals surface area contributed by atoms with Crippen molar-refractivity contribution in [1.29, 1.82) is 0 Å². The highest BCUT2D eigenvalue weighted by Crippen LogP contribution is 2.23. The third kappa shape index (κ3) is 5.04. The number of halogens is 2. The van der Waals surface area contributed by atoms with E-state index in [2.05, 4.69) is 24.2 Å².